The minimum absolute atomic E-state index is 0.274. The fourth-order valence-corrected chi connectivity index (χ4v) is 4.16. The molecule has 0 atom stereocenters. The maximum atomic E-state index is 12.2. The number of hydrogen-bond donors (Lipinski definition) is 1. The summed E-state index contributed by atoms with van der Waals surface area (Å²) in [7, 11) is 0. The number of H-pyrrole nitrogens is 1. The Morgan fingerprint density at radius 3 is 2.67 bits per heavy atom. The van der Waals surface area contributed by atoms with Crippen molar-refractivity contribution in [3.8, 4) is 22.5 Å². The van der Waals surface area contributed by atoms with E-state index in [0.717, 1.165) is 27.9 Å². The van der Waals surface area contributed by atoms with Crippen LogP contribution in [0.2, 0.25) is 5.02 Å². The molecular formula is C19H10ClN5OS. The molecule has 0 radical (unpaired) electrons. The van der Waals surface area contributed by atoms with Gasteiger partial charge in [-0.1, -0.05) is 35.0 Å². The lowest BCUT2D eigenvalue weighted by molar-refractivity contribution is 0.876. The molecule has 0 spiro atoms. The minimum Gasteiger partial charge on any atom is -0.266 e. The van der Waals surface area contributed by atoms with Gasteiger partial charge in [0.05, 0.1) is 11.4 Å². The van der Waals surface area contributed by atoms with Gasteiger partial charge in [0.15, 0.2) is 0 Å². The highest BCUT2D eigenvalue weighted by Crippen LogP contribution is 2.38. The van der Waals surface area contributed by atoms with Crippen LogP contribution in [0.3, 0.4) is 0 Å². The normalized spacial score (nSPS) is 11.3. The maximum Gasteiger partial charge on any atom is 0.285 e. The Morgan fingerprint density at radius 2 is 1.89 bits per heavy atom. The number of benzene rings is 1. The Kier molecular flexibility index (Phi) is 3.70. The number of fused-ring (bicyclic) bond motifs is 3. The lowest BCUT2D eigenvalue weighted by atomic mass is 10.0. The molecule has 0 aliphatic heterocycles. The van der Waals surface area contributed by atoms with Gasteiger partial charge in [0.1, 0.15) is 15.0 Å². The summed E-state index contributed by atoms with van der Waals surface area (Å²) < 4.78 is 0.501. The summed E-state index contributed by atoms with van der Waals surface area (Å²) in [6.07, 6.45) is 1.73. The van der Waals surface area contributed by atoms with E-state index in [-0.39, 0.29) is 5.56 Å². The van der Waals surface area contributed by atoms with E-state index in [0.29, 0.717) is 20.1 Å². The summed E-state index contributed by atoms with van der Waals surface area (Å²) in [5.74, 6) is 0. The molecule has 0 unspecified atom stereocenters. The van der Waals surface area contributed by atoms with E-state index in [1.165, 1.54) is 11.3 Å². The van der Waals surface area contributed by atoms with Crippen molar-refractivity contribution in [2.75, 3.05) is 0 Å². The topological polar surface area (TPSA) is 84.4 Å². The third-order valence-electron chi connectivity index (χ3n) is 4.23. The van der Waals surface area contributed by atoms with Gasteiger partial charge in [0, 0.05) is 16.6 Å². The van der Waals surface area contributed by atoms with Gasteiger partial charge in [-0.05, 0) is 41.5 Å². The van der Waals surface area contributed by atoms with Crippen LogP contribution < -0.4 is 5.56 Å². The van der Waals surface area contributed by atoms with E-state index in [9.17, 15) is 4.79 Å². The average Bonchev–Trinajstić information content (AvgIpc) is 3.09. The Labute approximate surface area is 161 Å². The zero-order valence-electron chi connectivity index (χ0n) is 13.7. The maximum absolute atomic E-state index is 12.2. The molecule has 0 amide bonds. The van der Waals surface area contributed by atoms with Crippen molar-refractivity contribution in [1.29, 1.82) is 0 Å². The van der Waals surface area contributed by atoms with Gasteiger partial charge in [-0.15, -0.1) is 16.4 Å². The number of nitrogens with one attached hydrogen (secondary N) is 1. The number of aromatic amines is 1. The number of thiophene rings is 1. The van der Waals surface area contributed by atoms with Crippen LogP contribution >= 0.6 is 22.9 Å². The smallest absolute Gasteiger partial charge is 0.266 e. The Balaban J connectivity index is 1.91. The van der Waals surface area contributed by atoms with Crippen molar-refractivity contribution in [3.05, 3.63) is 70.1 Å². The molecule has 1 N–H and O–H groups in total. The van der Waals surface area contributed by atoms with Gasteiger partial charge in [-0.2, -0.15) is 0 Å². The lowest BCUT2D eigenvalue weighted by Crippen LogP contribution is -2.07. The molecule has 27 heavy (non-hydrogen) atoms. The summed E-state index contributed by atoms with van der Waals surface area (Å²) >= 11 is 7.35. The Bertz CT molecular complexity index is 1350. The highest BCUT2D eigenvalue weighted by atomic mass is 35.5. The van der Waals surface area contributed by atoms with Crippen molar-refractivity contribution >= 4 is 43.4 Å². The summed E-state index contributed by atoms with van der Waals surface area (Å²) in [4.78, 5) is 22.0. The van der Waals surface area contributed by atoms with Crippen LogP contribution in [0, 0.1) is 0 Å². The number of aromatic nitrogens is 5. The van der Waals surface area contributed by atoms with Crippen LogP contribution in [0.15, 0.2) is 59.5 Å². The molecular weight excluding hydrogens is 382 g/mol. The van der Waals surface area contributed by atoms with Gasteiger partial charge in [0.2, 0.25) is 0 Å². The van der Waals surface area contributed by atoms with Gasteiger partial charge in [-0.25, -0.2) is 10.1 Å². The number of rotatable bonds is 2. The third-order valence-corrected chi connectivity index (χ3v) is 5.55. The van der Waals surface area contributed by atoms with E-state index in [1.807, 2.05) is 48.5 Å². The lowest BCUT2D eigenvalue weighted by Gasteiger charge is -2.08. The fraction of sp³-hybridized carbons (Fsp3) is 0. The fourth-order valence-electron chi connectivity index (χ4n) is 3.01. The molecule has 130 valence electrons. The predicted molar refractivity (Wildman–Crippen MR) is 107 cm³/mol. The van der Waals surface area contributed by atoms with Crippen LogP contribution in [0.4, 0.5) is 0 Å². The number of hydrogen-bond acceptors (Lipinski definition) is 6. The first kappa shape index (κ1) is 16.0. The number of pyridine rings is 2. The van der Waals surface area contributed by atoms with Crippen LogP contribution in [0.5, 0.6) is 0 Å². The second kappa shape index (κ2) is 6.22. The molecule has 8 heteroatoms. The van der Waals surface area contributed by atoms with Gasteiger partial charge < -0.3 is 0 Å². The molecule has 0 saturated carbocycles. The monoisotopic (exact) mass is 391 g/mol. The molecule has 0 saturated heterocycles. The third kappa shape index (κ3) is 2.68. The summed E-state index contributed by atoms with van der Waals surface area (Å²) in [5.41, 5.74) is 3.61. The largest absolute Gasteiger partial charge is 0.285 e. The quantitative estimate of drug-likeness (QED) is 0.484. The van der Waals surface area contributed by atoms with Crippen LogP contribution in [0.25, 0.3) is 42.9 Å². The van der Waals surface area contributed by atoms with Crippen molar-refractivity contribution in [1.82, 2.24) is 25.4 Å². The van der Waals surface area contributed by atoms with Crippen molar-refractivity contribution < 1.29 is 0 Å². The minimum atomic E-state index is -0.274. The molecule has 0 aliphatic carbocycles. The molecule has 0 bridgehead atoms. The molecule has 0 aliphatic rings. The van der Waals surface area contributed by atoms with E-state index >= 15 is 0 Å². The van der Waals surface area contributed by atoms with E-state index in [4.69, 9.17) is 16.6 Å². The van der Waals surface area contributed by atoms with E-state index in [2.05, 4.69) is 20.4 Å². The molecule has 5 rings (SSSR count). The zero-order valence-corrected chi connectivity index (χ0v) is 15.3. The first-order valence-electron chi connectivity index (χ1n) is 8.06. The van der Waals surface area contributed by atoms with Crippen molar-refractivity contribution in [2.24, 2.45) is 0 Å². The van der Waals surface area contributed by atoms with Crippen LogP contribution in [0.1, 0.15) is 0 Å². The van der Waals surface area contributed by atoms with Crippen LogP contribution in [-0.2, 0) is 0 Å². The van der Waals surface area contributed by atoms with Crippen LogP contribution in [-0.4, -0.2) is 25.4 Å². The SMILES string of the molecule is O=c1[nH]nnc2c1sc1nc(-c3ccccn3)cc(-c3ccc(Cl)cc3)c12. The summed E-state index contributed by atoms with van der Waals surface area (Å²) in [6.45, 7) is 0. The standard InChI is InChI=1S/C19H10ClN5OS/c20-11-6-4-10(5-7-11)12-9-14(13-3-1-2-8-21-13)22-19-15(12)16-17(27-19)18(26)24-25-23-16/h1-9H,(H,23,24,26). The molecule has 4 heterocycles. The second-order valence-corrected chi connectivity index (χ2v) is 7.31. The average molecular weight is 392 g/mol. The Morgan fingerprint density at radius 1 is 1.04 bits per heavy atom. The zero-order chi connectivity index (χ0) is 18.4. The molecule has 0 fully saturated rings. The number of nitrogens with zero attached hydrogens (tertiary/aromatic N) is 4. The molecule has 6 nitrogen and oxygen atoms in total. The Hall–Kier alpha value is -3.16. The summed E-state index contributed by atoms with van der Waals surface area (Å²) in [6, 6.07) is 15.2. The van der Waals surface area contributed by atoms with E-state index in [1.54, 1.807) is 6.20 Å². The highest BCUT2D eigenvalue weighted by Gasteiger charge is 2.18. The first-order valence-corrected chi connectivity index (χ1v) is 9.26. The molecule has 1 aromatic carbocycles. The summed E-state index contributed by atoms with van der Waals surface area (Å²) in [5, 5.41) is 11.7. The van der Waals surface area contributed by atoms with Crippen molar-refractivity contribution in [3.63, 3.8) is 0 Å². The highest BCUT2D eigenvalue weighted by molar-refractivity contribution is 7.25. The van der Waals surface area contributed by atoms with Gasteiger partial charge in [-0.3, -0.25) is 9.78 Å². The van der Waals surface area contributed by atoms with E-state index < -0.39 is 0 Å². The van der Waals surface area contributed by atoms with Gasteiger partial charge in [0.25, 0.3) is 5.56 Å². The molecule has 5 aromatic rings. The predicted octanol–water partition coefficient (Wildman–Crippen LogP) is 4.31. The second-order valence-electron chi connectivity index (χ2n) is 5.88. The molecule has 4 aromatic heterocycles. The van der Waals surface area contributed by atoms with Gasteiger partial charge >= 0.3 is 0 Å². The first-order chi connectivity index (χ1) is 13.2. The van der Waals surface area contributed by atoms with Crippen molar-refractivity contribution in [2.45, 2.75) is 0 Å². The number of halogens is 1.